The van der Waals surface area contributed by atoms with Crippen molar-refractivity contribution in [3.05, 3.63) is 48.0 Å². The SMILES string of the molecule is CCN(CC)c1nccc(C(=O)NCc2ccncc2)n1. The summed E-state index contributed by atoms with van der Waals surface area (Å²) in [4.78, 5) is 26.6. The van der Waals surface area contributed by atoms with E-state index in [-0.39, 0.29) is 5.91 Å². The molecule has 1 amide bonds. The van der Waals surface area contributed by atoms with Crippen LogP contribution in [-0.2, 0) is 6.54 Å². The molecule has 0 unspecified atom stereocenters. The maximum Gasteiger partial charge on any atom is 0.270 e. The zero-order chi connectivity index (χ0) is 15.1. The Hall–Kier alpha value is -2.50. The molecule has 6 nitrogen and oxygen atoms in total. The van der Waals surface area contributed by atoms with E-state index in [1.165, 1.54) is 0 Å². The predicted molar refractivity (Wildman–Crippen MR) is 81.0 cm³/mol. The third kappa shape index (κ3) is 3.98. The van der Waals surface area contributed by atoms with E-state index in [0.717, 1.165) is 18.7 Å². The summed E-state index contributed by atoms with van der Waals surface area (Å²) in [5.41, 5.74) is 1.37. The van der Waals surface area contributed by atoms with Gasteiger partial charge in [-0.25, -0.2) is 9.97 Å². The third-order valence-corrected chi connectivity index (χ3v) is 3.12. The predicted octanol–water partition coefficient (Wildman–Crippen LogP) is 1.65. The molecule has 0 spiro atoms. The molecule has 110 valence electrons. The van der Waals surface area contributed by atoms with Gasteiger partial charge in [0.25, 0.3) is 5.91 Å². The molecule has 0 aliphatic rings. The molecule has 0 saturated heterocycles. The van der Waals surface area contributed by atoms with Crippen LogP contribution in [0.25, 0.3) is 0 Å². The topological polar surface area (TPSA) is 71.0 Å². The van der Waals surface area contributed by atoms with Crippen LogP contribution in [0.1, 0.15) is 29.9 Å². The Bertz CT molecular complexity index is 584. The van der Waals surface area contributed by atoms with Gasteiger partial charge in [0.15, 0.2) is 0 Å². The number of aromatic nitrogens is 3. The lowest BCUT2D eigenvalue weighted by atomic mass is 10.2. The molecule has 0 bridgehead atoms. The van der Waals surface area contributed by atoms with Crippen molar-refractivity contribution in [2.75, 3.05) is 18.0 Å². The lowest BCUT2D eigenvalue weighted by molar-refractivity contribution is 0.0946. The summed E-state index contributed by atoms with van der Waals surface area (Å²) in [6, 6.07) is 5.35. The average Bonchev–Trinajstić information content (AvgIpc) is 2.55. The Balaban J connectivity index is 2.04. The molecule has 0 atom stereocenters. The minimum atomic E-state index is -0.206. The maximum absolute atomic E-state index is 12.1. The fourth-order valence-corrected chi connectivity index (χ4v) is 1.91. The van der Waals surface area contributed by atoms with Crippen molar-refractivity contribution in [1.29, 1.82) is 0 Å². The molecule has 0 aliphatic carbocycles. The van der Waals surface area contributed by atoms with Crippen molar-refractivity contribution in [3.8, 4) is 0 Å². The van der Waals surface area contributed by atoms with Crippen LogP contribution in [0.4, 0.5) is 5.95 Å². The molecule has 2 aromatic rings. The highest BCUT2D eigenvalue weighted by Crippen LogP contribution is 2.07. The summed E-state index contributed by atoms with van der Waals surface area (Å²) in [6.45, 7) is 6.12. The van der Waals surface area contributed by atoms with Gasteiger partial charge in [-0.2, -0.15) is 0 Å². The van der Waals surface area contributed by atoms with Crippen LogP contribution in [0.15, 0.2) is 36.8 Å². The molecule has 0 saturated carbocycles. The summed E-state index contributed by atoms with van der Waals surface area (Å²) in [5.74, 6) is 0.374. The van der Waals surface area contributed by atoms with Crippen LogP contribution >= 0.6 is 0 Å². The van der Waals surface area contributed by atoms with Crippen LogP contribution in [0.2, 0.25) is 0 Å². The molecule has 6 heteroatoms. The Morgan fingerprint density at radius 3 is 2.52 bits per heavy atom. The Labute approximate surface area is 124 Å². The van der Waals surface area contributed by atoms with Gasteiger partial charge in [-0.15, -0.1) is 0 Å². The first-order valence-corrected chi connectivity index (χ1v) is 6.99. The standard InChI is InChI=1S/C15H19N5O/c1-3-20(4-2)15-17-10-7-13(19-15)14(21)18-11-12-5-8-16-9-6-12/h5-10H,3-4,11H2,1-2H3,(H,18,21). The molecule has 0 aliphatic heterocycles. The van der Waals surface area contributed by atoms with Crippen LogP contribution in [0.5, 0.6) is 0 Å². The van der Waals surface area contributed by atoms with Gasteiger partial charge in [-0.05, 0) is 37.6 Å². The second-order valence-electron chi connectivity index (χ2n) is 4.45. The van der Waals surface area contributed by atoms with Crippen molar-refractivity contribution in [1.82, 2.24) is 20.3 Å². The van der Waals surface area contributed by atoms with Crippen molar-refractivity contribution in [2.45, 2.75) is 20.4 Å². The second-order valence-corrected chi connectivity index (χ2v) is 4.45. The average molecular weight is 285 g/mol. The molecule has 2 aromatic heterocycles. The van der Waals surface area contributed by atoms with Crippen LogP contribution in [0.3, 0.4) is 0 Å². The van der Waals surface area contributed by atoms with E-state index in [4.69, 9.17) is 0 Å². The van der Waals surface area contributed by atoms with Gasteiger partial charge in [-0.3, -0.25) is 9.78 Å². The number of hydrogen-bond donors (Lipinski definition) is 1. The highest BCUT2D eigenvalue weighted by Gasteiger charge is 2.11. The number of pyridine rings is 1. The number of hydrogen-bond acceptors (Lipinski definition) is 5. The fourth-order valence-electron chi connectivity index (χ4n) is 1.91. The first-order chi connectivity index (χ1) is 10.2. The number of anilines is 1. The lowest BCUT2D eigenvalue weighted by Gasteiger charge is -2.18. The molecule has 2 heterocycles. The van der Waals surface area contributed by atoms with Gasteiger partial charge in [-0.1, -0.05) is 0 Å². The maximum atomic E-state index is 12.1. The zero-order valence-corrected chi connectivity index (χ0v) is 12.3. The highest BCUT2D eigenvalue weighted by molar-refractivity contribution is 5.92. The summed E-state index contributed by atoms with van der Waals surface area (Å²) in [5, 5.41) is 2.84. The van der Waals surface area contributed by atoms with Crippen LogP contribution < -0.4 is 10.2 Å². The van der Waals surface area contributed by atoms with Crippen LogP contribution in [-0.4, -0.2) is 33.9 Å². The number of carbonyl (C=O) groups excluding carboxylic acids is 1. The Kier molecular flexibility index (Phi) is 5.20. The molecule has 0 radical (unpaired) electrons. The minimum Gasteiger partial charge on any atom is -0.347 e. The van der Waals surface area contributed by atoms with Gasteiger partial charge in [0.1, 0.15) is 5.69 Å². The van der Waals surface area contributed by atoms with E-state index in [9.17, 15) is 4.79 Å². The number of amides is 1. The summed E-state index contributed by atoms with van der Waals surface area (Å²) in [6.07, 6.45) is 5.01. The number of rotatable bonds is 6. The molecular weight excluding hydrogens is 266 g/mol. The smallest absolute Gasteiger partial charge is 0.270 e. The fraction of sp³-hybridized carbons (Fsp3) is 0.333. The van der Waals surface area contributed by atoms with E-state index < -0.39 is 0 Å². The monoisotopic (exact) mass is 285 g/mol. The summed E-state index contributed by atoms with van der Waals surface area (Å²) >= 11 is 0. The molecule has 0 fully saturated rings. The van der Waals surface area contributed by atoms with Gasteiger partial charge in [0.2, 0.25) is 5.95 Å². The van der Waals surface area contributed by atoms with Crippen molar-refractivity contribution in [2.24, 2.45) is 0 Å². The molecule has 2 rings (SSSR count). The van der Waals surface area contributed by atoms with Crippen molar-refractivity contribution in [3.63, 3.8) is 0 Å². The lowest BCUT2D eigenvalue weighted by Crippen LogP contribution is -2.27. The summed E-state index contributed by atoms with van der Waals surface area (Å²) in [7, 11) is 0. The van der Waals surface area contributed by atoms with E-state index in [1.54, 1.807) is 24.7 Å². The van der Waals surface area contributed by atoms with Crippen molar-refractivity contribution < 1.29 is 4.79 Å². The van der Waals surface area contributed by atoms with Gasteiger partial charge in [0, 0.05) is 38.2 Å². The van der Waals surface area contributed by atoms with E-state index in [0.29, 0.717) is 18.2 Å². The van der Waals surface area contributed by atoms with Gasteiger partial charge >= 0.3 is 0 Å². The number of carbonyl (C=O) groups is 1. The van der Waals surface area contributed by atoms with E-state index in [1.807, 2.05) is 30.9 Å². The van der Waals surface area contributed by atoms with Gasteiger partial charge in [0.05, 0.1) is 0 Å². The second kappa shape index (κ2) is 7.33. The number of nitrogens with one attached hydrogen (secondary N) is 1. The molecular formula is C15H19N5O. The minimum absolute atomic E-state index is 0.206. The van der Waals surface area contributed by atoms with E-state index >= 15 is 0 Å². The molecule has 21 heavy (non-hydrogen) atoms. The Morgan fingerprint density at radius 1 is 1.14 bits per heavy atom. The summed E-state index contributed by atoms with van der Waals surface area (Å²) < 4.78 is 0. The normalized spacial score (nSPS) is 10.2. The van der Waals surface area contributed by atoms with Crippen LogP contribution in [0, 0.1) is 0 Å². The largest absolute Gasteiger partial charge is 0.347 e. The zero-order valence-electron chi connectivity index (χ0n) is 12.3. The quantitative estimate of drug-likeness (QED) is 0.873. The van der Waals surface area contributed by atoms with E-state index in [2.05, 4.69) is 20.3 Å². The third-order valence-electron chi connectivity index (χ3n) is 3.12. The molecule has 0 aromatic carbocycles. The first kappa shape index (κ1) is 14.9. The van der Waals surface area contributed by atoms with Crippen molar-refractivity contribution >= 4 is 11.9 Å². The van der Waals surface area contributed by atoms with Gasteiger partial charge < -0.3 is 10.2 Å². The highest BCUT2D eigenvalue weighted by atomic mass is 16.1. The Morgan fingerprint density at radius 2 is 1.86 bits per heavy atom. The number of nitrogens with zero attached hydrogens (tertiary/aromatic N) is 4. The first-order valence-electron chi connectivity index (χ1n) is 6.99. The molecule has 1 N–H and O–H groups in total.